The van der Waals surface area contributed by atoms with Gasteiger partial charge >= 0.3 is 0 Å². The highest BCUT2D eigenvalue weighted by Crippen LogP contribution is 2.19. The first kappa shape index (κ1) is 15.0. The fourth-order valence-corrected chi connectivity index (χ4v) is 3.10. The number of carbonyl (C=O) groups is 1. The normalized spacial score (nSPS) is 17.4. The van der Waals surface area contributed by atoms with E-state index in [1.54, 1.807) is 17.5 Å². The number of furan rings is 1. The third-order valence-corrected chi connectivity index (χ3v) is 4.33. The number of carbonyl (C=O) groups excluding carboxylic acids is 1. The van der Waals surface area contributed by atoms with Gasteiger partial charge in [0, 0.05) is 18.7 Å². The molecule has 0 unspecified atom stereocenters. The summed E-state index contributed by atoms with van der Waals surface area (Å²) in [6, 6.07) is 9.23. The molecular weight excluding hydrogens is 306 g/mol. The predicted octanol–water partition coefficient (Wildman–Crippen LogP) is 2.98. The van der Waals surface area contributed by atoms with Crippen LogP contribution in [0.5, 0.6) is 0 Å². The van der Waals surface area contributed by atoms with Crippen molar-refractivity contribution in [3.05, 3.63) is 54.2 Å². The topological polar surface area (TPSA) is 71.4 Å². The summed E-state index contributed by atoms with van der Waals surface area (Å²) in [4.78, 5) is 22.1. The molecule has 0 bridgehead atoms. The van der Waals surface area contributed by atoms with E-state index in [1.165, 1.54) is 0 Å². The van der Waals surface area contributed by atoms with Crippen LogP contribution in [-0.4, -0.2) is 40.0 Å². The summed E-state index contributed by atoms with van der Waals surface area (Å²) in [6.07, 6.45) is 5.39. The molecule has 1 aromatic carbocycles. The van der Waals surface area contributed by atoms with Crippen molar-refractivity contribution < 1.29 is 13.9 Å². The first-order valence-corrected chi connectivity index (χ1v) is 8.16. The number of aromatic nitrogens is 2. The summed E-state index contributed by atoms with van der Waals surface area (Å²) >= 11 is 0. The largest absolute Gasteiger partial charge is 0.467 e. The van der Waals surface area contributed by atoms with Crippen molar-refractivity contribution in [2.75, 3.05) is 13.2 Å². The summed E-state index contributed by atoms with van der Waals surface area (Å²) in [6.45, 7) is 1.78. The Hall–Kier alpha value is -2.60. The Labute approximate surface area is 139 Å². The molecule has 124 valence electrons. The second kappa shape index (κ2) is 6.49. The number of ether oxygens (including phenoxy) is 1. The predicted molar refractivity (Wildman–Crippen MR) is 88.5 cm³/mol. The van der Waals surface area contributed by atoms with E-state index in [1.807, 2.05) is 30.3 Å². The first-order valence-electron chi connectivity index (χ1n) is 8.16. The lowest BCUT2D eigenvalue weighted by atomic mass is 10.1. The zero-order valence-corrected chi connectivity index (χ0v) is 13.3. The molecule has 3 aromatic rings. The highest BCUT2D eigenvalue weighted by atomic mass is 16.5. The second-order valence-electron chi connectivity index (χ2n) is 6.03. The van der Waals surface area contributed by atoms with Crippen LogP contribution in [0.15, 0.2) is 47.3 Å². The van der Waals surface area contributed by atoms with Gasteiger partial charge in [-0.05, 0) is 43.2 Å². The van der Waals surface area contributed by atoms with Crippen LogP contribution < -0.4 is 0 Å². The SMILES string of the molecule is O=C(c1ccc2nc[nH]c2c1)N(Cc1ccco1)C[C@@H]1CCCO1. The van der Waals surface area contributed by atoms with Gasteiger partial charge in [0.05, 0.1) is 36.3 Å². The minimum atomic E-state index is -0.0293. The van der Waals surface area contributed by atoms with Crippen molar-refractivity contribution in [3.8, 4) is 0 Å². The number of amides is 1. The Bertz CT molecular complexity index is 819. The van der Waals surface area contributed by atoms with Crippen molar-refractivity contribution in [3.63, 3.8) is 0 Å². The lowest BCUT2D eigenvalue weighted by molar-refractivity contribution is 0.0491. The molecule has 0 radical (unpaired) electrons. The average Bonchev–Trinajstić information content (AvgIpc) is 3.35. The zero-order chi connectivity index (χ0) is 16.4. The summed E-state index contributed by atoms with van der Waals surface area (Å²) in [7, 11) is 0. The van der Waals surface area contributed by atoms with Gasteiger partial charge in [-0.25, -0.2) is 4.98 Å². The van der Waals surface area contributed by atoms with Crippen molar-refractivity contribution in [2.24, 2.45) is 0 Å². The maximum absolute atomic E-state index is 13.0. The maximum Gasteiger partial charge on any atom is 0.254 e. The Morgan fingerprint density at radius 3 is 3.12 bits per heavy atom. The summed E-state index contributed by atoms with van der Waals surface area (Å²) in [5.41, 5.74) is 2.34. The molecule has 3 heterocycles. The van der Waals surface area contributed by atoms with Crippen LogP contribution in [0.3, 0.4) is 0 Å². The monoisotopic (exact) mass is 325 g/mol. The van der Waals surface area contributed by atoms with Gasteiger partial charge in [-0.3, -0.25) is 4.79 Å². The molecule has 1 amide bonds. The Morgan fingerprint density at radius 2 is 2.33 bits per heavy atom. The summed E-state index contributed by atoms with van der Waals surface area (Å²) in [5.74, 6) is 0.738. The molecule has 4 rings (SSSR count). The molecule has 1 fully saturated rings. The lowest BCUT2D eigenvalue weighted by Gasteiger charge is -2.24. The van der Waals surface area contributed by atoms with Gasteiger partial charge in [-0.2, -0.15) is 0 Å². The van der Waals surface area contributed by atoms with Crippen LogP contribution in [0.1, 0.15) is 29.0 Å². The number of H-pyrrole nitrogens is 1. The third-order valence-electron chi connectivity index (χ3n) is 4.33. The number of nitrogens with one attached hydrogen (secondary N) is 1. The van der Waals surface area contributed by atoms with E-state index in [0.29, 0.717) is 18.7 Å². The van der Waals surface area contributed by atoms with Gasteiger partial charge in [0.1, 0.15) is 5.76 Å². The number of hydrogen-bond acceptors (Lipinski definition) is 4. The number of hydrogen-bond donors (Lipinski definition) is 1. The van der Waals surface area contributed by atoms with Crippen LogP contribution in [-0.2, 0) is 11.3 Å². The molecule has 1 aliphatic rings. The van der Waals surface area contributed by atoms with Gasteiger partial charge in [0.25, 0.3) is 5.91 Å². The molecule has 0 aliphatic carbocycles. The maximum atomic E-state index is 13.0. The number of nitrogens with zero attached hydrogens (tertiary/aromatic N) is 2. The summed E-state index contributed by atoms with van der Waals surface area (Å²) in [5, 5.41) is 0. The highest BCUT2D eigenvalue weighted by Gasteiger charge is 2.24. The van der Waals surface area contributed by atoms with E-state index in [4.69, 9.17) is 9.15 Å². The third kappa shape index (κ3) is 3.05. The molecule has 1 atom stereocenters. The Kier molecular flexibility index (Phi) is 4.04. The van der Waals surface area contributed by atoms with Crippen LogP contribution in [0, 0.1) is 0 Å². The molecular formula is C18H19N3O3. The molecule has 6 heteroatoms. The summed E-state index contributed by atoms with van der Waals surface area (Å²) < 4.78 is 11.1. The van der Waals surface area contributed by atoms with Gasteiger partial charge in [0.15, 0.2) is 0 Å². The van der Waals surface area contributed by atoms with Crippen LogP contribution >= 0.6 is 0 Å². The minimum Gasteiger partial charge on any atom is -0.467 e. The van der Waals surface area contributed by atoms with Crippen molar-refractivity contribution in [1.82, 2.24) is 14.9 Å². The van der Waals surface area contributed by atoms with Gasteiger partial charge in [0.2, 0.25) is 0 Å². The van der Waals surface area contributed by atoms with Crippen molar-refractivity contribution in [2.45, 2.75) is 25.5 Å². The Balaban J connectivity index is 1.58. The number of imidazole rings is 1. The number of benzene rings is 1. The van der Waals surface area contributed by atoms with Crippen molar-refractivity contribution >= 4 is 16.9 Å². The second-order valence-corrected chi connectivity index (χ2v) is 6.03. The van der Waals surface area contributed by atoms with Crippen LogP contribution in [0.2, 0.25) is 0 Å². The van der Waals surface area contributed by atoms with Crippen LogP contribution in [0.4, 0.5) is 0 Å². The van der Waals surface area contributed by atoms with E-state index in [-0.39, 0.29) is 12.0 Å². The average molecular weight is 325 g/mol. The fourth-order valence-electron chi connectivity index (χ4n) is 3.10. The molecule has 0 saturated carbocycles. The van der Waals surface area contributed by atoms with E-state index in [0.717, 1.165) is 36.2 Å². The van der Waals surface area contributed by atoms with E-state index >= 15 is 0 Å². The van der Waals surface area contributed by atoms with E-state index in [9.17, 15) is 4.79 Å². The number of rotatable bonds is 5. The molecule has 2 aromatic heterocycles. The molecule has 1 aliphatic heterocycles. The van der Waals surface area contributed by atoms with Gasteiger partial charge in [-0.1, -0.05) is 0 Å². The minimum absolute atomic E-state index is 0.0293. The zero-order valence-electron chi connectivity index (χ0n) is 13.3. The van der Waals surface area contributed by atoms with Crippen LogP contribution in [0.25, 0.3) is 11.0 Å². The number of aromatic amines is 1. The fraction of sp³-hybridized carbons (Fsp3) is 0.333. The standard InChI is InChI=1S/C18H19N3O3/c22-18(13-5-6-16-17(9-13)20-12-19-16)21(10-14-3-1-7-23-14)11-15-4-2-8-24-15/h1,3,5-7,9,12,15H,2,4,8,10-11H2,(H,19,20)/t15-/m0/s1. The smallest absolute Gasteiger partial charge is 0.254 e. The quantitative estimate of drug-likeness (QED) is 0.783. The molecule has 6 nitrogen and oxygen atoms in total. The first-order chi connectivity index (χ1) is 11.8. The molecule has 1 saturated heterocycles. The molecule has 1 N–H and O–H groups in total. The van der Waals surface area contributed by atoms with Gasteiger partial charge in [-0.15, -0.1) is 0 Å². The Morgan fingerprint density at radius 1 is 1.38 bits per heavy atom. The number of fused-ring (bicyclic) bond motifs is 1. The molecule has 24 heavy (non-hydrogen) atoms. The lowest BCUT2D eigenvalue weighted by Crippen LogP contribution is -2.36. The van der Waals surface area contributed by atoms with E-state index < -0.39 is 0 Å². The van der Waals surface area contributed by atoms with E-state index in [2.05, 4.69) is 9.97 Å². The molecule has 0 spiro atoms. The van der Waals surface area contributed by atoms with Crippen molar-refractivity contribution in [1.29, 1.82) is 0 Å². The van der Waals surface area contributed by atoms with Gasteiger partial charge < -0.3 is 19.0 Å². The highest BCUT2D eigenvalue weighted by molar-refractivity contribution is 5.97.